The summed E-state index contributed by atoms with van der Waals surface area (Å²) < 4.78 is 0. The molecule has 4 heteroatoms. The maximum absolute atomic E-state index is 6.10. The molecule has 2 rings (SSSR count). The molecule has 0 N–H and O–H groups in total. The monoisotopic (exact) mass is 272 g/mol. The first-order chi connectivity index (χ1) is 8.04. The van der Waals surface area contributed by atoms with Gasteiger partial charge >= 0.3 is 0 Å². The smallest absolute Gasteiger partial charge is 0.135 e. The number of hydrogen-bond acceptors (Lipinski definition) is 2. The van der Waals surface area contributed by atoms with Crippen molar-refractivity contribution in [2.45, 2.75) is 26.8 Å². The van der Waals surface area contributed by atoms with Gasteiger partial charge in [0.2, 0.25) is 0 Å². The molecule has 0 spiro atoms. The molecule has 1 aliphatic heterocycles. The van der Waals surface area contributed by atoms with Crippen LogP contribution in [0.5, 0.6) is 0 Å². The lowest BCUT2D eigenvalue weighted by Crippen LogP contribution is -2.38. The summed E-state index contributed by atoms with van der Waals surface area (Å²) >= 11 is 11.9. The number of rotatable bonds is 2. The molecule has 2 heterocycles. The molecule has 0 amide bonds. The summed E-state index contributed by atoms with van der Waals surface area (Å²) in [5.41, 5.74) is 1.07. The predicted molar refractivity (Wildman–Crippen MR) is 72.5 cm³/mol. The van der Waals surface area contributed by atoms with Crippen molar-refractivity contribution < 1.29 is 0 Å². The van der Waals surface area contributed by atoms with E-state index in [1.807, 2.05) is 6.07 Å². The molecule has 1 aliphatic rings. The first-order valence-electron chi connectivity index (χ1n) is 6.08. The zero-order valence-electron chi connectivity index (χ0n) is 10.3. The minimum absolute atomic E-state index is 0.458. The summed E-state index contributed by atoms with van der Waals surface area (Å²) in [6.45, 7) is 7.78. The fraction of sp³-hybridized carbons (Fsp3) is 0.615. The Labute approximate surface area is 113 Å². The Morgan fingerprint density at radius 2 is 1.88 bits per heavy atom. The highest BCUT2D eigenvalue weighted by atomic mass is 35.5. The first-order valence-corrected chi connectivity index (χ1v) is 6.83. The molecule has 94 valence electrons. The predicted octanol–water partition coefficient (Wildman–Crippen LogP) is 3.87. The van der Waals surface area contributed by atoms with Gasteiger partial charge in [0.1, 0.15) is 10.3 Å². The molecule has 0 bridgehead atoms. The molecule has 2 unspecified atom stereocenters. The third-order valence-corrected chi connectivity index (χ3v) is 3.77. The summed E-state index contributed by atoms with van der Waals surface area (Å²) in [6, 6.07) is 3.78. The van der Waals surface area contributed by atoms with Gasteiger partial charge in [-0.3, -0.25) is 4.90 Å². The third kappa shape index (κ3) is 3.57. The Hall–Kier alpha value is -0.310. The van der Waals surface area contributed by atoms with Gasteiger partial charge in [-0.15, -0.1) is 0 Å². The van der Waals surface area contributed by atoms with Crippen LogP contribution in [0.4, 0.5) is 0 Å². The summed E-state index contributed by atoms with van der Waals surface area (Å²) in [5, 5.41) is 0.988. The van der Waals surface area contributed by atoms with E-state index in [1.54, 1.807) is 6.07 Å². The number of likely N-dealkylation sites (tertiary alicyclic amines) is 1. The fourth-order valence-electron chi connectivity index (χ4n) is 2.72. The summed E-state index contributed by atoms with van der Waals surface area (Å²) in [6.07, 6.45) is 1.32. The minimum Gasteiger partial charge on any atom is -0.298 e. The topological polar surface area (TPSA) is 16.1 Å². The van der Waals surface area contributed by atoms with E-state index in [0.717, 1.165) is 37.0 Å². The Kier molecular flexibility index (Phi) is 4.29. The van der Waals surface area contributed by atoms with Crippen LogP contribution < -0.4 is 0 Å². The van der Waals surface area contributed by atoms with Crippen LogP contribution in [-0.4, -0.2) is 23.0 Å². The number of aromatic nitrogens is 1. The Balaban J connectivity index is 2.04. The van der Waals surface area contributed by atoms with Crippen LogP contribution in [0.1, 0.15) is 25.8 Å². The Bertz CT molecular complexity index is 385. The molecule has 0 aliphatic carbocycles. The molecule has 0 radical (unpaired) electrons. The lowest BCUT2D eigenvalue weighted by atomic mass is 9.92. The van der Waals surface area contributed by atoms with Gasteiger partial charge in [0.25, 0.3) is 0 Å². The number of piperidine rings is 1. The average Bonchev–Trinajstić information content (AvgIpc) is 2.21. The summed E-state index contributed by atoms with van der Waals surface area (Å²) in [5.74, 6) is 1.52. The third-order valence-electron chi connectivity index (χ3n) is 3.23. The molecule has 2 nitrogen and oxygen atoms in total. The number of halogens is 2. The van der Waals surface area contributed by atoms with E-state index in [4.69, 9.17) is 23.2 Å². The summed E-state index contributed by atoms with van der Waals surface area (Å²) in [4.78, 5) is 6.54. The maximum atomic E-state index is 6.10. The van der Waals surface area contributed by atoms with E-state index in [-0.39, 0.29) is 0 Å². The molecule has 2 atom stereocenters. The van der Waals surface area contributed by atoms with Crippen molar-refractivity contribution in [1.29, 1.82) is 0 Å². The highest BCUT2D eigenvalue weighted by molar-refractivity contribution is 6.32. The second-order valence-electron chi connectivity index (χ2n) is 5.22. The van der Waals surface area contributed by atoms with Crippen molar-refractivity contribution in [3.05, 3.63) is 28.0 Å². The van der Waals surface area contributed by atoms with Crippen molar-refractivity contribution in [2.24, 2.45) is 11.8 Å². The van der Waals surface area contributed by atoms with E-state index in [2.05, 4.69) is 23.7 Å². The second-order valence-corrected chi connectivity index (χ2v) is 5.97. The van der Waals surface area contributed by atoms with Crippen LogP contribution in [0.2, 0.25) is 10.3 Å². The molecule has 1 aromatic rings. The zero-order valence-corrected chi connectivity index (χ0v) is 11.8. The molecule has 0 aromatic carbocycles. The molecular weight excluding hydrogens is 255 g/mol. The number of nitrogens with zero attached hydrogens (tertiary/aromatic N) is 2. The van der Waals surface area contributed by atoms with Gasteiger partial charge in [0, 0.05) is 25.2 Å². The van der Waals surface area contributed by atoms with E-state index in [9.17, 15) is 0 Å². The highest BCUT2D eigenvalue weighted by Gasteiger charge is 2.22. The fourth-order valence-corrected chi connectivity index (χ4v) is 3.13. The van der Waals surface area contributed by atoms with Gasteiger partial charge in [-0.1, -0.05) is 43.1 Å². The molecule has 0 saturated carbocycles. The van der Waals surface area contributed by atoms with Crippen LogP contribution in [-0.2, 0) is 6.54 Å². The van der Waals surface area contributed by atoms with Crippen LogP contribution in [0.25, 0.3) is 0 Å². The van der Waals surface area contributed by atoms with Gasteiger partial charge in [-0.2, -0.15) is 0 Å². The Morgan fingerprint density at radius 3 is 2.47 bits per heavy atom. The van der Waals surface area contributed by atoms with E-state index >= 15 is 0 Å². The van der Waals surface area contributed by atoms with E-state index in [1.165, 1.54) is 6.42 Å². The van der Waals surface area contributed by atoms with Crippen molar-refractivity contribution in [2.75, 3.05) is 13.1 Å². The minimum atomic E-state index is 0.458. The SMILES string of the molecule is CC1CC(C)CN(Cc2ccc(Cl)nc2Cl)C1. The number of hydrogen-bond donors (Lipinski definition) is 0. The van der Waals surface area contributed by atoms with Crippen molar-refractivity contribution in [3.8, 4) is 0 Å². The van der Waals surface area contributed by atoms with E-state index < -0.39 is 0 Å². The van der Waals surface area contributed by atoms with Gasteiger partial charge in [-0.25, -0.2) is 4.98 Å². The van der Waals surface area contributed by atoms with Gasteiger partial charge < -0.3 is 0 Å². The van der Waals surface area contributed by atoms with Crippen LogP contribution in [0, 0.1) is 11.8 Å². The normalized spacial score (nSPS) is 26.1. The molecular formula is C13H18Cl2N2. The lowest BCUT2D eigenvalue weighted by molar-refractivity contribution is 0.134. The average molecular weight is 273 g/mol. The zero-order chi connectivity index (χ0) is 12.4. The number of pyridine rings is 1. The van der Waals surface area contributed by atoms with Crippen LogP contribution in [0.15, 0.2) is 12.1 Å². The summed E-state index contributed by atoms with van der Waals surface area (Å²) in [7, 11) is 0. The standard InChI is InChI=1S/C13H18Cl2N2/c1-9-5-10(2)7-17(6-9)8-11-3-4-12(14)16-13(11)15/h3-4,9-10H,5-8H2,1-2H3. The largest absolute Gasteiger partial charge is 0.298 e. The maximum Gasteiger partial charge on any atom is 0.135 e. The quantitative estimate of drug-likeness (QED) is 0.760. The van der Waals surface area contributed by atoms with Crippen molar-refractivity contribution >= 4 is 23.2 Å². The highest BCUT2D eigenvalue weighted by Crippen LogP contribution is 2.24. The molecule has 1 saturated heterocycles. The molecule has 1 fully saturated rings. The Morgan fingerprint density at radius 1 is 1.24 bits per heavy atom. The molecule has 17 heavy (non-hydrogen) atoms. The van der Waals surface area contributed by atoms with Crippen molar-refractivity contribution in [1.82, 2.24) is 9.88 Å². The van der Waals surface area contributed by atoms with Gasteiger partial charge in [0.15, 0.2) is 0 Å². The first kappa shape index (κ1) is 13.1. The van der Waals surface area contributed by atoms with Crippen LogP contribution >= 0.6 is 23.2 Å². The van der Waals surface area contributed by atoms with Gasteiger partial charge in [-0.05, 0) is 24.3 Å². The van der Waals surface area contributed by atoms with Gasteiger partial charge in [0.05, 0.1) is 0 Å². The van der Waals surface area contributed by atoms with E-state index in [0.29, 0.717) is 10.3 Å². The van der Waals surface area contributed by atoms with Crippen molar-refractivity contribution in [3.63, 3.8) is 0 Å². The second kappa shape index (κ2) is 5.55. The van der Waals surface area contributed by atoms with Crippen LogP contribution in [0.3, 0.4) is 0 Å². The molecule has 1 aromatic heterocycles. The lowest BCUT2D eigenvalue weighted by Gasteiger charge is -2.35.